The Morgan fingerprint density at radius 2 is 2.10 bits per heavy atom. The molecule has 5 heteroatoms. The highest BCUT2D eigenvalue weighted by atomic mass is 19.2. The van der Waals surface area contributed by atoms with Crippen molar-refractivity contribution in [3.63, 3.8) is 0 Å². The Balaban J connectivity index is 1.95. The Hall–Kier alpha value is -1.65. The number of nitrogens with one attached hydrogen (secondary N) is 2. The lowest BCUT2D eigenvalue weighted by atomic mass is 10.1. The Morgan fingerprint density at radius 1 is 1.33 bits per heavy atom. The van der Waals surface area contributed by atoms with Gasteiger partial charge < -0.3 is 10.6 Å². The standard InChI is InChI=1S/C16H23F2N3/c1-3-19-16(20-9-8-12-4-5-12)21-11(2)13-6-7-14(17)15(18)10-13/h6-7,10-12H,3-5,8-9H2,1-2H3,(H2,19,20,21). The van der Waals surface area contributed by atoms with Crippen LogP contribution < -0.4 is 10.6 Å². The fourth-order valence-corrected chi connectivity index (χ4v) is 2.16. The van der Waals surface area contributed by atoms with Crippen LogP contribution in [0.1, 0.15) is 44.7 Å². The molecule has 2 rings (SSSR count). The topological polar surface area (TPSA) is 36.4 Å². The quantitative estimate of drug-likeness (QED) is 0.623. The molecule has 1 aromatic rings. The fourth-order valence-electron chi connectivity index (χ4n) is 2.16. The summed E-state index contributed by atoms with van der Waals surface area (Å²) < 4.78 is 26.2. The van der Waals surface area contributed by atoms with Crippen molar-refractivity contribution in [3.8, 4) is 0 Å². The predicted octanol–water partition coefficient (Wildman–Crippen LogP) is 3.38. The molecule has 2 N–H and O–H groups in total. The summed E-state index contributed by atoms with van der Waals surface area (Å²) in [7, 11) is 0. The highest BCUT2D eigenvalue weighted by Gasteiger charge is 2.20. The summed E-state index contributed by atoms with van der Waals surface area (Å²) in [5.74, 6) is -0.0802. The molecule has 1 saturated carbocycles. The molecule has 1 aliphatic rings. The van der Waals surface area contributed by atoms with Crippen LogP contribution in [0.5, 0.6) is 0 Å². The van der Waals surface area contributed by atoms with Gasteiger partial charge in [-0.15, -0.1) is 0 Å². The second kappa shape index (κ2) is 7.38. The first-order valence-electron chi connectivity index (χ1n) is 7.60. The van der Waals surface area contributed by atoms with Crippen molar-refractivity contribution in [3.05, 3.63) is 35.4 Å². The van der Waals surface area contributed by atoms with Crippen LogP contribution in [-0.4, -0.2) is 19.0 Å². The zero-order chi connectivity index (χ0) is 15.2. The van der Waals surface area contributed by atoms with E-state index < -0.39 is 11.6 Å². The van der Waals surface area contributed by atoms with Crippen LogP contribution in [0.15, 0.2) is 23.2 Å². The highest BCUT2D eigenvalue weighted by Crippen LogP contribution is 2.32. The maximum Gasteiger partial charge on any atom is 0.191 e. The number of guanidine groups is 1. The van der Waals surface area contributed by atoms with Crippen LogP contribution in [0.4, 0.5) is 8.78 Å². The minimum Gasteiger partial charge on any atom is -0.357 e. The summed E-state index contributed by atoms with van der Waals surface area (Å²) in [6.07, 6.45) is 3.77. The van der Waals surface area contributed by atoms with Gasteiger partial charge in [0.2, 0.25) is 0 Å². The highest BCUT2D eigenvalue weighted by molar-refractivity contribution is 5.80. The number of aliphatic imine (C=N–C) groups is 1. The van der Waals surface area contributed by atoms with Crippen molar-refractivity contribution in [1.82, 2.24) is 10.6 Å². The lowest BCUT2D eigenvalue weighted by Gasteiger charge is -2.18. The van der Waals surface area contributed by atoms with Crippen molar-refractivity contribution in [1.29, 1.82) is 0 Å². The molecule has 0 aliphatic heterocycles. The second-order valence-electron chi connectivity index (χ2n) is 5.53. The molecule has 0 bridgehead atoms. The van der Waals surface area contributed by atoms with Gasteiger partial charge in [-0.3, -0.25) is 4.99 Å². The van der Waals surface area contributed by atoms with Crippen molar-refractivity contribution >= 4 is 5.96 Å². The molecule has 21 heavy (non-hydrogen) atoms. The molecular formula is C16H23F2N3. The number of rotatable bonds is 6. The fraction of sp³-hybridized carbons (Fsp3) is 0.562. The Bertz CT molecular complexity index is 498. The number of halogens is 2. The predicted molar refractivity (Wildman–Crippen MR) is 81.2 cm³/mol. The maximum atomic E-state index is 13.3. The Labute approximate surface area is 124 Å². The first kappa shape index (κ1) is 15.7. The SMILES string of the molecule is CCNC(=NCCC1CC1)NC(C)c1ccc(F)c(F)c1. The van der Waals surface area contributed by atoms with Crippen molar-refractivity contribution in [2.24, 2.45) is 10.9 Å². The molecule has 3 nitrogen and oxygen atoms in total. The van der Waals surface area contributed by atoms with Gasteiger partial charge in [0, 0.05) is 13.1 Å². The second-order valence-corrected chi connectivity index (χ2v) is 5.53. The first-order chi connectivity index (χ1) is 10.1. The van der Waals surface area contributed by atoms with Gasteiger partial charge in [-0.25, -0.2) is 8.78 Å². The molecule has 0 heterocycles. The van der Waals surface area contributed by atoms with Crippen molar-refractivity contribution < 1.29 is 8.78 Å². The van der Waals surface area contributed by atoms with Gasteiger partial charge in [0.05, 0.1) is 6.04 Å². The van der Waals surface area contributed by atoms with Gasteiger partial charge in [0.25, 0.3) is 0 Å². The van der Waals surface area contributed by atoms with Crippen molar-refractivity contribution in [2.45, 2.75) is 39.2 Å². The number of hydrogen-bond acceptors (Lipinski definition) is 1. The van der Waals surface area contributed by atoms with Crippen LogP contribution in [0.3, 0.4) is 0 Å². The molecule has 1 aromatic carbocycles. The van der Waals surface area contributed by atoms with Gasteiger partial charge in [0.15, 0.2) is 17.6 Å². The minimum atomic E-state index is -0.823. The Kier molecular flexibility index (Phi) is 5.53. The van der Waals surface area contributed by atoms with Crippen molar-refractivity contribution in [2.75, 3.05) is 13.1 Å². The van der Waals surface area contributed by atoms with Crippen LogP contribution >= 0.6 is 0 Å². The molecule has 1 fully saturated rings. The molecule has 0 saturated heterocycles. The van der Waals surface area contributed by atoms with E-state index in [-0.39, 0.29) is 6.04 Å². The third-order valence-corrected chi connectivity index (χ3v) is 3.65. The number of hydrogen-bond donors (Lipinski definition) is 2. The largest absolute Gasteiger partial charge is 0.357 e. The average Bonchev–Trinajstić information content (AvgIpc) is 3.26. The van der Waals surface area contributed by atoms with E-state index in [0.717, 1.165) is 37.5 Å². The summed E-state index contributed by atoms with van der Waals surface area (Å²) in [6, 6.07) is 3.82. The van der Waals surface area contributed by atoms with E-state index in [1.165, 1.54) is 18.9 Å². The molecule has 0 aromatic heterocycles. The third kappa shape index (κ3) is 4.99. The summed E-state index contributed by atoms with van der Waals surface area (Å²) in [5, 5.41) is 6.40. The van der Waals surface area contributed by atoms with E-state index in [9.17, 15) is 8.78 Å². The zero-order valence-corrected chi connectivity index (χ0v) is 12.6. The molecule has 116 valence electrons. The average molecular weight is 295 g/mol. The number of nitrogens with zero attached hydrogens (tertiary/aromatic N) is 1. The molecular weight excluding hydrogens is 272 g/mol. The minimum absolute atomic E-state index is 0.140. The van der Waals surface area contributed by atoms with Gasteiger partial charge >= 0.3 is 0 Å². The first-order valence-corrected chi connectivity index (χ1v) is 7.60. The lowest BCUT2D eigenvalue weighted by molar-refractivity contribution is 0.504. The van der Waals surface area contributed by atoms with Gasteiger partial charge in [0.1, 0.15) is 0 Å². The zero-order valence-electron chi connectivity index (χ0n) is 12.6. The lowest BCUT2D eigenvalue weighted by Crippen LogP contribution is -2.38. The smallest absolute Gasteiger partial charge is 0.191 e. The van der Waals surface area contributed by atoms with Crippen LogP contribution in [0.25, 0.3) is 0 Å². The van der Waals surface area contributed by atoms with Crippen LogP contribution in [0.2, 0.25) is 0 Å². The van der Waals surface area contributed by atoms with E-state index >= 15 is 0 Å². The Morgan fingerprint density at radius 3 is 2.71 bits per heavy atom. The van der Waals surface area contributed by atoms with Crippen LogP contribution in [-0.2, 0) is 0 Å². The maximum absolute atomic E-state index is 13.3. The number of benzene rings is 1. The molecule has 1 aliphatic carbocycles. The van der Waals surface area contributed by atoms with E-state index in [4.69, 9.17) is 0 Å². The van der Waals surface area contributed by atoms with Gasteiger partial charge in [-0.05, 0) is 43.9 Å². The van der Waals surface area contributed by atoms with Gasteiger partial charge in [-0.2, -0.15) is 0 Å². The molecule has 0 amide bonds. The normalized spacial score (nSPS) is 16.7. The summed E-state index contributed by atoms with van der Waals surface area (Å²) in [4.78, 5) is 4.53. The van der Waals surface area contributed by atoms with E-state index in [0.29, 0.717) is 5.56 Å². The van der Waals surface area contributed by atoms with Gasteiger partial charge in [-0.1, -0.05) is 18.9 Å². The molecule has 0 spiro atoms. The molecule has 1 atom stereocenters. The monoisotopic (exact) mass is 295 g/mol. The molecule has 1 unspecified atom stereocenters. The summed E-state index contributed by atoms with van der Waals surface area (Å²) in [6.45, 7) is 5.46. The van der Waals surface area contributed by atoms with Crippen LogP contribution in [0, 0.1) is 17.6 Å². The summed E-state index contributed by atoms with van der Waals surface area (Å²) in [5.41, 5.74) is 0.696. The summed E-state index contributed by atoms with van der Waals surface area (Å²) >= 11 is 0. The van der Waals surface area contributed by atoms with E-state index in [1.807, 2.05) is 13.8 Å². The van der Waals surface area contributed by atoms with E-state index in [1.54, 1.807) is 6.07 Å². The van der Waals surface area contributed by atoms with E-state index in [2.05, 4.69) is 15.6 Å². The third-order valence-electron chi connectivity index (χ3n) is 3.65. The molecule has 0 radical (unpaired) electrons.